The summed E-state index contributed by atoms with van der Waals surface area (Å²) in [6.07, 6.45) is 0. The van der Waals surface area contributed by atoms with Crippen molar-refractivity contribution in [3.05, 3.63) is 5.40 Å². The predicted molar refractivity (Wildman–Crippen MR) is 37.7 cm³/mol. The second-order valence-corrected chi connectivity index (χ2v) is 4.74. The van der Waals surface area contributed by atoms with Gasteiger partial charge in [0.2, 0.25) is 0 Å². The molecule has 0 aliphatic rings. The number of hydrogen-bond acceptors (Lipinski definition) is 2. The van der Waals surface area contributed by atoms with Gasteiger partial charge in [-0.2, -0.15) is 0 Å². The van der Waals surface area contributed by atoms with Gasteiger partial charge in [-0.1, -0.05) is 13.8 Å². The first-order valence-electron chi connectivity index (χ1n) is 2.66. The van der Waals surface area contributed by atoms with Crippen molar-refractivity contribution in [3.63, 3.8) is 0 Å². The Hall–Kier alpha value is 1.35. The van der Waals surface area contributed by atoms with E-state index in [0.29, 0.717) is 0 Å². The summed E-state index contributed by atoms with van der Waals surface area (Å²) in [5, 5.41) is -0.243. The smallest absolute Gasteiger partial charge is 0.196 e. The van der Waals surface area contributed by atoms with E-state index in [1.54, 1.807) is 13.8 Å². The van der Waals surface area contributed by atoms with Gasteiger partial charge in [-0.25, -0.2) is 0 Å². The Bertz CT molecular complexity index is 165. The van der Waals surface area contributed by atoms with E-state index >= 15 is 0 Å². The fourth-order valence-corrected chi connectivity index (χ4v) is 1.80. The molecule has 11 heavy (non-hydrogen) atoms. The quantitative estimate of drug-likeness (QED) is 0.604. The molecule has 0 saturated carbocycles. The predicted octanol–water partition coefficient (Wildman–Crippen LogP) is 1.60. The van der Waals surface area contributed by atoms with Gasteiger partial charge in [0, 0.05) is 32.7 Å². The number of rotatable bonds is 3. The average Bonchev–Trinajstić information content (AvgIpc) is 1.60. The van der Waals surface area contributed by atoms with E-state index in [0.717, 1.165) is 0 Å². The Kier molecular flexibility index (Phi) is 7.98. The third-order valence-corrected chi connectivity index (χ3v) is 3.75. The maximum atomic E-state index is 10.5. The van der Waals surface area contributed by atoms with Crippen molar-refractivity contribution in [1.82, 2.24) is 0 Å². The fourth-order valence-electron chi connectivity index (χ4n) is 0.495. The fraction of sp³-hybridized carbons (Fsp3) is 0.750. The zero-order valence-electron chi connectivity index (χ0n) is 6.26. The molecule has 7 heteroatoms. The summed E-state index contributed by atoms with van der Waals surface area (Å²) >= 11 is 0. The molecule has 0 unspecified atom stereocenters. The molecule has 1 radical (unpaired) electrons. The molecule has 0 aromatic heterocycles. The van der Waals surface area contributed by atoms with E-state index in [-0.39, 0.29) is 44.0 Å². The first-order chi connectivity index (χ1) is 4.39. The van der Waals surface area contributed by atoms with E-state index in [9.17, 15) is 9.13 Å². The first-order valence-corrected chi connectivity index (χ1v) is 5.08. The van der Waals surface area contributed by atoms with Crippen LogP contribution in [0.2, 0.25) is 0 Å². The molecule has 0 saturated heterocycles. The summed E-state index contributed by atoms with van der Waals surface area (Å²) in [4.78, 5) is 17.0. The SMILES string of the molecule is CC(C)[C-](P=O)P(=O)(O)O.[Y]. The van der Waals surface area contributed by atoms with E-state index in [1.807, 2.05) is 0 Å². The van der Waals surface area contributed by atoms with Gasteiger partial charge in [0.05, 0.1) is 0 Å². The Labute approximate surface area is 92.4 Å². The topological polar surface area (TPSA) is 74.6 Å². The zero-order valence-corrected chi connectivity index (χ0v) is 10.9. The van der Waals surface area contributed by atoms with E-state index in [4.69, 9.17) is 9.79 Å². The molecular weight excluding hydrogens is 263 g/mol. The van der Waals surface area contributed by atoms with Crippen LogP contribution in [0.15, 0.2) is 0 Å². The van der Waals surface area contributed by atoms with Crippen LogP contribution in [0.1, 0.15) is 13.8 Å². The Morgan fingerprint density at radius 2 is 1.82 bits per heavy atom. The summed E-state index contributed by atoms with van der Waals surface area (Å²) in [6.45, 7) is 3.17. The maximum absolute atomic E-state index is 10.5. The molecule has 0 heterocycles. The van der Waals surface area contributed by atoms with Gasteiger partial charge in [0.15, 0.2) is 7.60 Å². The van der Waals surface area contributed by atoms with Gasteiger partial charge in [-0.15, -0.1) is 11.3 Å². The summed E-state index contributed by atoms with van der Waals surface area (Å²) in [6, 6.07) is 0. The maximum Gasteiger partial charge on any atom is 0.196 e. The molecular formula is C4H9O4P2Y-. The van der Waals surface area contributed by atoms with Crippen LogP contribution in [-0.4, -0.2) is 9.79 Å². The van der Waals surface area contributed by atoms with Crippen LogP contribution >= 0.6 is 16.1 Å². The van der Waals surface area contributed by atoms with Crippen LogP contribution in [0.5, 0.6) is 0 Å². The van der Waals surface area contributed by atoms with Gasteiger partial charge in [0.1, 0.15) is 0 Å². The molecule has 0 fully saturated rings. The molecule has 4 nitrogen and oxygen atoms in total. The zero-order chi connectivity index (χ0) is 8.36. The molecule has 0 atom stereocenters. The summed E-state index contributed by atoms with van der Waals surface area (Å²) in [5.41, 5.74) is 0. The second-order valence-electron chi connectivity index (χ2n) is 2.15. The van der Waals surface area contributed by atoms with Crippen LogP contribution < -0.4 is 0 Å². The molecule has 0 rings (SSSR count). The van der Waals surface area contributed by atoms with Crippen LogP contribution in [-0.2, 0) is 41.8 Å². The summed E-state index contributed by atoms with van der Waals surface area (Å²) in [5.74, 6) is -0.347. The van der Waals surface area contributed by atoms with Crippen molar-refractivity contribution in [1.29, 1.82) is 0 Å². The molecule has 2 N–H and O–H groups in total. The van der Waals surface area contributed by atoms with Gasteiger partial charge in [-0.3, -0.25) is 4.57 Å². The van der Waals surface area contributed by atoms with Gasteiger partial charge < -0.3 is 14.4 Å². The monoisotopic (exact) mass is 272 g/mol. The summed E-state index contributed by atoms with van der Waals surface area (Å²) < 4.78 is 20.6. The van der Waals surface area contributed by atoms with E-state index in [1.165, 1.54) is 0 Å². The van der Waals surface area contributed by atoms with Crippen LogP contribution in [0, 0.1) is 11.3 Å². The first kappa shape index (κ1) is 14.9. The molecule has 0 aromatic carbocycles. The normalized spacial score (nSPS) is 12.2. The van der Waals surface area contributed by atoms with Gasteiger partial charge in [0.25, 0.3) is 0 Å². The van der Waals surface area contributed by atoms with Crippen molar-refractivity contribution < 1.29 is 51.6 Å². The van der Waals surface area contributed by atoms with Crippen molar-refractivity contribution in [2.24, 2.45) is 5.92 Å². The Balaban J connectivity index is 0. The standard InChI is InChI=1S/C4H9O4P2.Y/c1-3(2)4(9-5)10(6,7)8;/h3H,1-2H3,(H2,6,7,8);/q-1;. The number of hydrogen-bond donors (Lipinski definition) is 2. The molecule has 0 aliphatic carbocycles. The molecule has 0 spiro atoms. The van der Waals surface area contributed by atoms with Gasteiger partial charge in [-0.05, 0) is 8.46 Å². The van der Waals surface area contributed by atoms with E-state index < -0.39 is 16.1 Å². The average molecular weight is 272 g/mol. The minimum Gasteiger partial charge on any atom is -0.346 e. The Morgan fingerprint density at radius 3 is 1.82 bits per heavy atom. The third-order valence-electron chi connectivity index (χ3n) is 0.908. The van der Waals surface area contributed by atoms with Crippen LogP contribution in [0.25, 0.3) is 0 Å². The third kappa shape index (κ3) is 5.57. The molecule has 0 aromatic rings. The van der Waals surface area contributed by atoms with Crippen molar-refractivity contribution in [2.45, 2.75) is 13.8 Å². The van der Waals surface area contributed by atoms with Crippen molar-refractivity contribution in [3.8, 4) is 0 Å². The molecule has 0 bridgehead atoms. The van der Waals surface area contributed by atoms with Gasteiger partial charge >= 0.3 is 0 Å². The second kappa shape index (κ2) is 5.91. The molecule has 0 aliphatic heterocycles. The molecule has 63 valence electrons. The summed E-state index contributed by atoms with van der Waals surface area (Å²) in [7, 11) is -4.80. The van der Waals surface area contributed by atoms with E-state index in [2.05, 4.69) is 0 Å². The van der Waals surface area contributed by atoms with Crippen molar-refractivity contribution in [2.75, 3.05) is 0 Å². The molecule has 0 amide bonds. The van der Waals surface area contributed by atoms with Crippen molar-refractivity contribution >= 4 is 16.1 Å². The minimum absolute atomic E-state index is 0. The van der Waals surface area contributed by atoms with Crippen LogP contribution in [0.4, 0.5) is 0 Å². The van der Waals surface area contributed by atoms with Crippen LogP contribution in [0.3, 0.4) is 0 Å². The minimum atomic E-state index is -4.24. The largest absolute Gasteiger partial charge is 0.346 e. The Morgan fingerprint density at radius 1 is 1.45 bits per heavy atom.